The van der Waals surface area contributed by atoms with Gasteiger partial charge in [0.05, 0.1) is 23.0 Å². The molecule has 31 heavy (non-hydrogen) atoms. The summed E-state index contributed by atoms with van der Waals surface area (Å²) in [6.07, 6.45) is 0.665. The first-order valence-corrected chi connectivity index (χ1v) is 10.9. The van der Waals surface area contributed by atoms with Gasteiger partial charge in [-0.2, -0.15) is 0 Å². The molecule has 0 radical (unpaired) electrons. The third-order valence-corrected chi connectivity index (χ3v) is 5.66. The van der Waals surface area contributed by atoms with Gasteiger partial charge in [-0.1, -0.05) is 83.3 Å². The van der Waals surface area contributed by atoms with E-state index >= 15 is 0 Å². The van der Waals surface area contributed by atoms with Crippen LogP contribution in [0.4, 0.5) is 0 Å². The summed E-state index contributed by atoms with van der Waals surface area (Å²) >= 11 is 18.2. The Bertz CT molecular complexity index is 1060. The van der Waals surface area contributed by atoms with Crippen LogP contribution < -0.4 is 10.6 Å². The number of hydrogen-bond donors (Lipinski definition) is 2. The lowest BCUT2D eigenvalue weighted by molar-refractivity contribution is -0.121. The maximum atomic E-state index is 12.7. The number of amides is 2. The Morgan fingerprint density at radius 2 is 1.55 bits per heavy atom. The maximum Gasteiger partial charge on any atom is 0.253 e. The van der Waals surface area contributed by atoms with Crippen molar-refractivity contribution >= 4 is 46.6 Å². The van der Waals surface area contributed by atoms with Gasteiger partial charge >= 0.3 is 0 Å². The first-order valence-electron chi connectivity index (χ1n) is 9.75. The topological polar surface area (TPSA) is 58.2 Å². The molecule has 160 valence electrons. The van der Waals surface area contributed by atoms with Gasteiger partial charge in [0.1, 0.15) is 0 Å². The van der Waals surface area contributed by atoms with Crippen molar-refractivity contribution in [1.29, 1.82) is 0 Å². The van der Waals surface area contributed by atoms with E-state index in [1.165, 1.54) is 0 Å². The normalized spacial score (nSPS) is 11.6. The van der Waals surface area contributed by atoms with Crippen molar-refractivity contribution in [1.82, 2.24) is 10.6 Å². The minimum absolute atomic E-state index is 0.0918. The van der Waals surface area contributed by atoms with Crippen LogP contribution in [0.25, 0.3) is 0 Å². The molecule has 3 rings (SSSR count). The van der Waals surface area contributed by atoms with Crippen LogP contribution in [0.1, 0.15) is 33.9 Å². The SMILES string of the molecule is O=C(C[C@@H](NC(=O)c1ccccc1Cl)c1ccccc1)NCCc1ccc(Cl)cc1Cl. The highest BCUT2D eigenvalue weighted by atomic mass is 35.5. The Morgan fingerprint density at radius 1 is 0.839 bits per heavy atom. The maximum absolute atomic E-state index is 12.7. The summed E-state index contributed by atoms with van der Waals surface area (Å²) in [5.74, 6) is -0.515. The number of halogens is 3. The number of carbonyl (C=O) groups is 2. The summed E-state index contributed by atoms with van der Waals surface area (Å²) in [7, 11) is 0. The molecule has 3 aromatic rings. The first kappa shape index (κ1) is 23.1. The Kier molecular flexibility index (Phi) is 8.35. The molecule has 0 heterocycles. The second-order valence-corrected chi connectivity index (χ2v) is 8.21. The van der Waals surface area contributed by atoms with E-state index in [4.69, 9.17) is 34.8 Å². The van der Waals surface area contributed by atoms with E-state index in [-0.39, 0.29) is 18.2 Å². The number of benzene rings is 3. The number of carbonyl (C=O) groups excluding carboxylic acids is 2. The van der Waals surface area contributed by atoms with Crippen molar-refractivity contribution in [2.24, 2.45) is 0 Å². The van der Waals surface area contributed by atoms with E-state index in [0.717, 1.165) is 11.1 Å². The molecule has 0 aliphatic heterocycles. The van der Waals surface area contributed by atoms with E-state index in [0.29, 0.717) is 33.6 Å². The van der Waals surface area contributed by atoms with E-state index in [9.17, 15) is 9.59 Å². The molecule has 0 aliphatic rings. The highest BCUT2D eigenvalue weighted by molar-refractivity contribution is 6.35. The molecule has 0 aromatic heterocycles. The molecule has 0 saturated heterocycles. The van der Waals surface area contributed by atoms with Crippen molar-refractivity contribution < 1.29 is 9.59 Å². The van der Waals surface area contributed by atoms with Crippen LogP contribution in [-0.2, 0) is 11.2 Å². The molecule has 7 heteroatoms. The minimum atomic E-state index is -0.496. The second kappa shape index (κ2) is 11.2. The van der Waals surface area contributed by atoms with Crippen LogP contribution in [0.15, 0.2) is 72.8 Å². The lowest BCUT2D eigenvalue weighted by atomic mass is 10.0. The van der Waals surface area contributed by atoms with Gasteiger partial charge in [-0.15, -0.1) is 0 Å². The number of rotatable bonds is 8. The van der Waals surface area contributed by atoms with Crippen LogP contribution in [0.3, 0.4) is 0 Å². The summed E-state index contributed by atoms with van der Waals surface area (Å²) in [5.41, 5.74) is 2.10. The molecule has 0 aliphatic carbocycles. The number of hydrogen-bond acceptors (Lipinski definition) is 2. The lowest BCUT2D eigenvalue weighted by Crippen LogP contribution is -2.34. The monoisotopic (exact) mass is 474 g/mol. The van der Waals surface area contributed by atoms with Gasteiger partial charge in [0.25, 0.3) is 5.91 Å². The molecule has 1 atom stereocenters. The van der Waals surface area contributed by atoms with Gasteiger partial charge in [-0.05, 0) is 41.8 Å². The largest absolute Gasteiger partial charge is 0.356 e. The fourth-order valence-corrected chi connectivity index (χ4v) is 3.86. The Labute approximate surface area is 196 Å². The highest BCUT2D eigenvalue weighted by Gasteiger charge is 2.20. The molecule has 0 fully saturated rings. The summed E-state index contributed by atoms with van der Waals surface area (Å²) in [5, 5.41) is 7.31. The van der Waals surface area contributed by atoms with Gasteiger partial charge in [0, 0.05) is 16.6 Å². The number of nitrogens with one attached hydrogen (secondary N) is 2. The Balaban J connectivity index is 1.63. The first-order chi connectivity index (χ1) is 14.9. The van der Waals surface area contributed by atoms with Crippen molar-refractivity contribution in [3.63, 3.8) is 0 Å². The fraction of sp³-hybridized carbons (Fsp3) is 0.167. The zero-order chi connectivity index (χ0) is 22.2. The third kappa shape index (κ3) is 6.73. The molecule has 0 spiro atoms. The average Bonchev–Trinajstić information content (AvgIpc) is 2.75. The Hall–Kier alpha value is -2.53. The second-order valence-electron chi connectivity index (χ2n) is 6.96. The average molecular weight is 476 g/mol. The summed E-state index contributed by atoms with van der Waals surface area (Å²) in [6, 6.07) is 20.9. The van der Waals surface area contributed by atoms with Crippen LogP contribution >= 0.6 is 34.8 Å². The fourth-order valence-electron chi connectivity index (χ4n) is 3.14. The predicted octanol–water partition coefficient (Wildman–Crippen LogP) is 5.87. The van der Waals surface area contributed by atoms with Gasteiger partial charge < -0.3 is 10.6 Å². The highest BCUT2D eigenvalue weighted by Crippen LogP contribution is 2.22. The third-order valence-electron chi connectivity index (χ3n) is 4.75. The van der Waals surface area contributed by atoms with Crippen LogP contribution in [0.5, 0.6) is 0 Å². The molecule has 0 unspecified atom stereocenters. The Morgan fingerprint density at radius 3 is 2.26 bits per heavy atom. The van der Waals surface area contributed by atoms with Crippen LogP contribution in [0, 0.1) is 0 Å². The molecule has 3 aromatic carbocycles. The summed E-state index contributed by atoms with van der Waals surface area (Å²) < 4.78 is 0. The van der Waals surface area contributed by atoms with Crippen molar-refractivity contribution in [3.05, 3.63) is 105 Å². The summed E-state index contributed by atoms with van der Waals surface area (Å²) in [6.45, 7) is 0.417. The standard InChI is InChI=1S/C24H21Cl3N2O2/c25-18-11-10-16(21(27)14-18)12-13-28-23(30)15-22(17-6-2-1-3-7-17)29-24(31)19-8-4-5-9-20(19)26/h1-11,14,22H,12-13,15H2,(H,28,30)(H,29,31)/t22-/m1/s1. The van der Waals surface area contributed by atoms with Gasteiger partial charge in [0.2, 0.25) is 5.91 Å². The minimum Gasteiger partial charge on any atom is -0.356 e. The molecular weight excluding hydrogens is 455 g/mol. The smallest absolute Gasteiger partial charge is 0.253 e. The van der Waals surface area contributed by atoms with Crippen molar-refractivity contribution in [2.45, 2.75) is 18.9 Å². The molecule has 2 amide bonds. The van der Waals surface area contributed by atoms with Crippen molar-refractivity contribution in [2.75, 3.05) is 6.54 Å². The lowest BCUT2D eigenvalue weighted by Gasteiger charge is -2.19. The molecule has 0 saturated carbocycles. The van der Waals surface area contributed by atoms with Crippen LogP contribution in [-0.4, -0.2) is 18.4 Å². The molecule has 2 N–H and O–H groups in total. The van der Waals surface area contributed by atoms with E-state index in [2.05, 4.69) is 10.6 Å². The zero-order valence-corrected chi connectivity index (χ0v) is 18.8. The van der Waals surface area contributed by atoms with Gasteiger partial charge in [-0.25, -0.2) is 0 Å². The molecular formula is C24H21Cl3N2O2. The van der Waals surface area contributed by atoms with E-state index in [1.54, 1.807) is 36.4 Å². The van der Waals surface area contributed by atoms with Crippen LogP contribution in [0.2, 0.25) is 15.1 Å². The summed E-state index contributed by atoms with van der Waals surface area (Å²) in [4.78, 5) is 25.3. The zero-order valence-electron chi connectivity index (χ0n) is 16.6. The van der Waals surface area contributed by atoms with E-state index < -0.39 is 6.04 Å². The van der Waals surface area contributed by atoms with E-state index in [1.807, 2.05) is 36.4 Å². The quantitative estimate of drug-likeness (QED) is 0.428. The predicted molar refractivity (Wildman–Crippen MR) is 126 cm³/mol. The van der Waals surface area contributed by atoms with Crippen molar-refractivity contribution in [3.8, 4) is 0 Å². The van der Waals surface area contributed by atoms with Gasteiger partial charge in [-0.3, -0.25) is 9.59 Å². The van der Waals surface area contributed by atoms with Gasteiger partial charge in [0.15, 0.2) is 0 Å². The molecule has 0 bridgehead atoms. The molecule has 4 nitrogen and oxygen atoms in total.